The van der Waals surface area contributed by atoms with Crippen molar-refractivity contribution >= 4 is 0 Å². The Morgan fingerprint density at radius 1 is 1.06 bits per heavy atom. The van der Waals surface area contributed by atoms with Crippen LogP contribution in [0.25, 0.3) is 0 Å². The Kier molecular flexibility index (Phi) is 5.00. The van der Waals surface area contributed by atoms with Crippen molar-refractivity contribution in [2.45, 2.75) is 38.8 Å². The monoisotopic (exact) mass is 240 g/mol. The minimum Gasteiger partial charge on any atom is -0.263 e. The third-order valence-electron chi connectivity index (χ3n) is 3.07. The number of hydrogen-bond donors (Lipinski definition) is 0. The average Bonchev–Trinajstić information content (AvgIpc) is 2.27. The lowest BCUT2D eigenvalue weighted by molar-refractivity contribution is -0.574. The first-order valence-corrected chi connectivity index (χ1v) is 4.97. The predicted molar refractivity (Wildman–Crippen MR) is 55.8 cm³/mol. The Bertz CT molecular complexity index is 357. The maximum Gasteiger partial charge on any atom is 0.309 e. The molecule has 0 unspecified atom stereocenters. The zero-order valence-electron chi connectivity index (χ0n) is 9.49. The van der Waals surface area contributed by atoms with Gasteiger partial charge in [-0.25, -0.2) is 0 Å². The van der Waals surface area contributed by atoms with Crippen molar-refractivity contribution in [1.82, 2.24) is 0 Å². The number of nitrogens with zero attached hydrogens (tertiary/aromatic N) is 4. The van der Waals surface area contributed by atoms with Crippen molar-refractivity contribution in [2.75, 3.05) is 0 Å². The Labute approximate surface area is 97.7 Å². The molecule has 0 heterocycles. The number of nitriles is 2. The molecule has 0 saturated heterocycles. The molecule has 0 aromatic rings. The molecular weight excluding hydrogens is 228 g/mol. The van der Waals surface area contributed by atoms with Crippen molar-refractivity contribution in [2.24, 2.45) is 5.41 Å². The van der Waals surface area contributed by atoms with E-state index in [1.165, 1.54) is 26.0 Å². The van der Waals surface area contributed by atoms with E-state index < -0.39 is 27.3 Å². The summed E-state index contributed by atoms with van der Waals surface area (Å²) in [5.74, 6) is 0. The second-order valence-electron chi connectivity index (χ2n) is 3.57. The first-order chi connectivity index (χ1) is 7.91. The Balaban J connectivity index is 5.75. The van der Waals surface area contributed by atoms with E-state index >= 15 is 0 Å². The highest BCUT2D eigenvalue weighted by molar-refractivity contribution is 5.08. The molecule has 0 fully saturated rings. The van der Waals surface area contributed by atoms with Crippen molar-refractivity contribution < 1.29 is 9.85 Å². The topological polar surface area (TPSA) is 134 Å². The first kappa shape index (κ1) is 14.8. The van der Waals surface area contributed by atoms with Crippen LogP contribution >= 0.6 is 0 Å². The van der Waals surface area contributed by atoms with Crippen LogP contribution in [0.3, 0.4) is 0 Å². The molecule has 0 saturated carbocycles. The van der Waals surface area contributed by atoms with Crippen LogP contribution < -0.4 is 0 Å². The third kappa shape index (κ3) is 2.48. The molecule has 0 aromatic carbocycles. The van der Waals surface area contributed by atoms with Crippen molar-refractivity contribution in [1.29, 1.82) is 10.5 Å². The zero-order chi connectivity index (χ0) is 13.6. The van der Waals surface area contributed by atoms with Gasteiger partial charge in [-0.2, -0.15) is 10.5 Å². The summed E-state index contributed by atoms with van der Waals surface area (Å²) in [6, 6.07) is -0.595. The molecule has 92 valence electrons. The fourth-order valence-corrected chi connectivity index (χ4v) is 1.94. The molecule has 0 aromatic heterocycles. The lowest BCUT2D eigenvalue weighted by Crippen LogP contribution is -2.50. The van der Waals surface area contributed by atoms with Crippen LogP contribution in [0.5, 0.6) is 0 Å². The normalized spacial score (nSPS) is 14.1. The van der Waals surface area contributed by atoms with Crippen LogP contribution in [0.2, 0.25) is 0 Å². The summed E-state index contributed by atoms with van der Waals surface area (Å²) in [6.07, 6.45) is 0.0316. The molecular formula is C9H12N4O4. The van der Waals surface area contributed by atoms with Gasteiger partial charge < -0.3 is 0 Å². The van der Waals surface area contributed by atoms with E-state index in [-0.39, 0.29) is 12.8 Å². The van der Waals surface area contributed by atoms with Gasteiger partial charge in [-0.1, -0.05) is 13.8 Å². The fourth-order valence-electron chi connectivity index (χ4n) is 1.94. The summed E-state index contributed by atoms with van der Waals surface area (Å²) in [4.78, 5) is 19.9. The molecule has 0 aliphatic rings. The zero-order valence-corrected chi connectivity index (χ0v) is 9.49. The number of nitro groups is 2. The number of hydrogen-bond acceptors (Lipinski definition) is 6. The third-order valence-corrected chi connectivity index (χ3v) is 3.07. The van der Waals surface area contributed by atoms with Crippen molar-refractivity contribution in [3.05, 3.63) is 20.2 Å². The van der Waals surface area contributed by atoms with Crippen LogP contribution in [-0.2, 0) is 0 Å². The van der Waals surface area contributed by atoms with Gasteiger partial charge in [-0.15, -0.1) is 0 Å². The van der Waals surface area contributed by atoms with Crippen LogP contribution in [-0.4, -0.2) is 21.9 Å². The molecule has 8 nitrogen and oxygen atoms in total. The largest absolute Gasteiger partial charge is 0.309 e. The van der Waals surface area contributed by atoms with Gasteiger partial charge in [0.1, 0.15) is 17.6 Å². The highest BCUT2D eigenvalue weighted by Crippen LogP contribution is 2.37. The summed E-state index contributed by atoms with van der Waals surface area (Å²) in [5, 5.41) is 39.2. The van der Waals surface area contributed by atoms with Gasteiger partial charge in [-0.3, -0.25) is 20.2 Å². The molecule has 8 heteroatoms. The van der Waals surface area contributed by atoms with Gasteiger partial charge in [0.25, 0.3) is 0 Å². The molecule has 0 aliphatic heterocycles. The smallest absolute Gasteiger partial charge is 0.263 e. The SMILES string of the molecule is CCC(CC)([C@H](C#N)[N+](=O)[O-])[C@H](C#N)[N+](=O)[O-]. The van der Waals surface area contributed by atoms with E-state index in [4.69, 9.17) is 10.5 Å². The Morgan fingerprint density at radius 3 is 1.47 bits per heavy atom. The lowest BCUT2D eigenvalue weighted by atomic mass is 9.71. The highest BCUT2D eigenvalue weighted by atomic mass is 16.6. The highest BCUT2D eigenvalue weighted by Gasteiger charge is 2.57. The quantitative estimate of drug-likeness (QED) is 0.504. The van der Waals surface area contributed by atoms with Gasteiger partial charge in [-0.05, 0) is 12.8 Å². The minimum atomic E-state index is -1.76. The molecule has 0 aliphatic carbocycles. The maximum atomic E-state index is 10.8. The Morgan fingerprint density at radius 2 is 1.35 bits per heavy atom. The second kappa shape index (κ2) is 5.75. The molecule has 0 N–H and O–H groups in total. The summed E-state index contributed by atoms with van der Waals surface area (Å²) < 4.78 is 0. The van der Waals surface area contributed by atoms with Gasteiger partial charge in [0.15, 0.2) is 0 Å². The fraction of sp³-hybridized carbons (Fsp3) is 0.778. The van der Waals surface area contributed by atoms with E-state index in [0.717, 1.165) is 0 Å². The van der Waals surface area contributed by atoms with Gasteiger partial charge in [0.2, 0.25) is 0 Å². The molecule has 17 heavy (non-hydrogen) atoms. The van der Waals surface area contributed by atoms with Crippen LogP contribution in [0, 0.1) is 48.3 Å². The number of rotatable bonds is 6. The van der Waals surface area contributed by atoms with Crippen LogP contribution in [0.1, 0.15) is 26.7 Å². The summed E-state index contributed by atoms with van der Waals surface area (Å²) in [6.45, 7) is 3.01. The summed E-state index contributed by atoms with van der Waals surface area (Å²) in [5.41, 5.74) is -1.56. The van der Waals surface area contributed by atoms with Crippen molar-refractivity contribution in [3.8, 4) is 12.1 Å². The molecule has 0 radical (unpaired) electrons. The van der Waals surface area contributed by atoms with E-state index in [1.54, 1.807) is 0 Å². The molecule has 0 rings (SSSR count). The van der Waals surface area contributed by atoms with Crippen LogP contribution in [0.15, 0.2) is 0 Å². The minimum absolute atomic E-state index is 0.0158. The molecule has 2 atom stereocenters. The van der Waals surface area contributed by atoms with Crippen molar-refractivity contribution in [3.63, 3.8) is 0 Å². The standard InChI is InChI=1S/C9H12N4O4/c1-3-9(4-2,7(5-10)12(14)15)8(6-11)13(16)17/h7-8H,3-4H2,1-2H3/t7-,8-/m0/s1. The van der Waals surface area contributed by atoms with E-state index in [0.29, 0.717) is 0 Å². The van der Waals surface area contributed by atoms with E-state index in [2.05, 4.69) is 0 Å². The van der Waals surface area contributed by atoms with Gasteiger partial charge in [0.05, 0.1) is 0 Å². The Hall–Kier alpha value is -2.22. The molecule has 0 bridgehead atoms. The first-order valence-electron chi connectivity index (χ1n) is 4.97. The summed E-state index contributed by atoms with van der Waals surface area (Å²) in [7, 11) is 0. The van der Waals surface area contributed by atoms with E-state index in [1.807, 2.05) is 0 Å². The van der Waals surface area contributed by atoms with Crippen LogP contribution in [0.4, 0.5) is 0 Å². The van der Waals surface area contributed by atoms with Gasteiger partial charge >= 0.3 is 12.1 Å². The molecule has 0 amide bonds. The maximum absolute atomic E-state index is 10.8. The average molecular weight is 240 g/mol. The summed E-state index contributed by atoms with van der Waals surface area (Å²) >= 11 is 0. The second-order valence-corrected chi connectivity index (χ2v) is 3.57. The predicted octanol–water partition coefficient (Wildman–Crippen LogP) is 1.13. The molecule has 0 spiro atoms. The lowest BCUT2D eigenvalue weighted by Gasteiger charge is -2.29. The van der Waals surface area contributed by atoms with E-state index in [9.17, 15) is 20.2 Å². The van der Waals surface area contributed by atoms with Gasteiger partial charge in [0, 0.05) is 9.85 Å².